The highest BCUT2D eigenvalue weighted by atomic mass is 16.5. The van der Waals surface area contributed by atoms with E-state index in [1.165, 1.54) is 0 Å². The van der Waals surface area contributed by atoms with Crippen LogP contribution in [0.1, 0.15) is 47.0 Å². The van der Waals surface area contributed by atoms with Crippen molar-refractivity contribution in [3.63, 3.8) is 0 Å². The summed E-state index contributed by atoms with van der Waals surface area (Å²) in [6, 6.07) is 0. The molecule has 0 saturated heterocycles. The predicted molar refractivity (Wildman–Crippen MR) is 71.1 cm³/mol. The zero-order valence-electron chi connectivity index (χ0n) is 12.1. The third-order valence-electron chi connectivity index (χ3n) is 3.42. The summed E-state index contributed by atoms with van der Waals surface area (Å²) >= 11 is 0. The minimum atomic E-state index is -0.357. The van der Waals surface area contributed by atoms with Crippen LogP contribution in [0.2, 0.25) is 0 Å². The van der Waals surface area contributed by atoms with E-state index >= 15 is 0 Å². The minimum Gasteiger partial charge on any atom is -0.375 e. The molecule has 1 unspecified atom stereocenters. The van der Waals surface area contributed by atoms with Crippen molar-refractivity contribution >= 4 is 5.91 Å². The Balaban J connectivity index is 4.17. The average Bonchev–Trinajstić information content (AvgIpc) is 2.28. The van der Waals surface area contributed by atoms with E-state index in [4.69, 9.17) is 4.74 Å². The third-order valence-corrected chi connectivity index (χ3v) is 3.42. The fourth-order valence-corrected chi connectivity index (χ4v) is 1.38. The number of hydrogen-bond acceptors (Lipinski definition) is 3. The number of rotatable bonds is 8. The molecule has 0 aliphatic rings. The maximum atomic E-state index is 11.4. The second-order valence-electron chi connectivity index (χ2n) is 5.39. The van der Waals surface area contributed by atoms with Gasteiger partial charge in [-0.1, -0.05) is 6.92 Å². The highest BCUT2D eigenvalue weighted by Gasteiger charge is 2.27. The van der Waals surface area contributed by atoms with Crippen LogP contribution in [0.5, 0.6) is 0 Å². The molecular weight excluding hydrogens is 216 g/mol. The summed E-state index contributed by atoms with van der Waals surface area (Å²) in [4.78, 5) is 11.4. The Morgan fingerprint density at radius 1 is 1.24 bits per heavy atom. The van der Waals surface area contributed by atoms with Crippen molar-refractivity contribution in [3.05, 3.63) is 0 Å². The van der Waals surface area contributed by atoms with Gasteiger partial charge in [-0.05, 0) is 40.7 Å². The van der Waals surface area contributed by atoms with Crippen LogP contribution in [0.4, 0.5) is 0 Å². The molecule has 0 rings (SSSR count). The first-order valence-corrected chi connectivity index (χ1v) is 6.32. The zero-order chi connectivity index (χ0) is 13.5. The molecule has 0 aromatic carbocycles. The first-order valence-electron chi connectivity index (χ1n) is 6.32. The minimum absolute atomic E-state index is 0.0298. The van der Waals surface area contributed by atoms with Crippen molar-refractivity contribution in [3.8, 4) is 0 Å². The Kier molecular flexibility index (Phi) is 6.72. The molecule has 2 N–H and O–H groups in total. The van der Waals surface area contributed by atoms with Gasteiger partial charge in [0.2, 0.25) is 5.91 Å². The molecule has 0 heterocycles. The van der Waals surface area contributed by atoms with Crippen molar-refractivity contribution < 1.29 is 9.53 Å². The van der Waals surface area contributed by atoms with Crippen LogP contribution in [0.25, 0.3) is 0 Å². The highest BCUT2D eigenvalue weighted by Crippen LogP contribution is 2.21. The predicted octanol–water partition coefficient (Wildman–Crippen LogP) is 1.70. The molecule has 1 amide bonds. The first kappa shape index (κ1) is 16.4. The van der Waals surface area contributed by atoms with E-state index in [2.05, 4.69) is 24.5 Å². The van der Waals surface area contributed by atoms with Gasteiger partial charge in [0.1, 0.15) is 0 Å². The van der Waals surface area contributed by atoms with Crippen LogP contribution in [-0.2, 0) is 9.53 Å². The molecule has 0 radical (unpaired) electrons. The molecule has 0 aliphatic carbocycles. The van der Waals surface area contributed by atoms with Crippen molar-refractivity contribution in [1.82, 2.24) is 10.6 Å². The Morgan fingerprint density at radius 3 is 2.24 bits per heavy atom. The van der Waals surface area contributed by atoms with Gasteiger partial charge < -0.3 is 15.4 Å². The number of hydrogen-bond donors (Lipinski definition) is 2. The lowest BCUT2D eigenvalue weighted by Gasteiger charge is -2.31. The molecule has 0 aliphatic heterocycles. The van der Waals surface area contributed by atoms with Crippen molar-refractivity contribution in [2.75, 3.05) is 20.7 Å². The molecule has 0 bridgehead atoms. The number of carbonyl (C=O) groups is 1. The Morgan fingerprint density at radius 2 is 1.82 bits per heavy atom. The molecule has 17 heavy (non-hydrogen) atoms. The van der Waals surface area contributed by atoms with Gasteiger partial charge in [0.25, 0.3) is 0 Å². The zero-order valence-corrected chi connectivity index (χ0v) is 12.1. The summed E-state index contributed by atoms with van der Waals surface area (Å²) in [7, 11) is 3.60. The van der Waals surface area contributed by atoms with E-state index in [1.807, 2.05) is 20.9 Å². The van der Waals surface area contributed by atoms with E-state index in [0.717, 1.165) is 12.8 Å². The van der Waals surface area contributed by atoms with Gasteiger partial charge in [-0.2, -0.15) is 0 Å². The maximum absolute atomic E-state index is 11.4. The first-order chi connectivity index (χ1) is 7.78. The van der Waals surface area contributed by atoms with Crippen molar-refractivity contribution in [2.45, 2.75) is 58.1 Å². The molecule has 102 valence electrons. The monoisotopic (exact) mass is 244 g/mol. The summed E-state index contributed by atoms with van der Waals surface area (Å²) in [5, 5.41) is 5.88. The molecule has 0 fully saturated rings. The molecule has 0 aromatic rings. The summed E-state index contributed by atoms with van der Waals surface area (Å²) in [6.07, 6.45) is 2.17. The van der Waals surface area contributed by atoms with Crippen molar-refractivity contribution in [1.29, 1.82) is 0 Å². The summed E-state index contributed by atoms with van der Waals surface area (Å²) in [5.74, 6) is 0.0298. The van der Waals surface area contributed by atoms with Crippen LogP contribution in [0.15, 0.2) is 0 Å². The number of carbonyl (C=O) groups excluding carboxylic acids is 1. The van der Waals surface area contributed by atoms with E-state index < -0.39 is 0 Å². The topological polar surface area (TPSA) is 50.4 Å². The van der Waals surface area contributed by atoms with E-state index in [9.17, 15) is 4.79 Å². The molecular formula is C13H28N2O2. The largest absolute Gasteiger partial charge is 0.375 e. The van der Waals surface area contributed by atoms with Gasteiger partial charge >= 0.3 is 0 Å². The van der Waals surface area contributed by atoms with Crippen LogP contribution in [0.3, 0.4) is 0 Å². The fraction of sp³-hybridized carbons (Fsp3) is 0.923. The van der Waals surface area contributed by atoms with Crippen LogP contribution in [-0.4, -0.2) is 37.7 Å². The normalized spacial score (nSPS) is 15.4. The standard InChI is InChI=1S/C13H28N2O2/c1-7-13(4,10-11(16)14-5)17-9-8-12(2,3)15-6/h15H,7-10H2,1-6H3,(H,14,16). The van der Waals surface area contributed by atoms with Gasteiger partial charge in [-0.15, -0.1) is 0 Å². The lowest BCUT2D eigenvalue weighted by atomic mass is 9.97. The third kappa shape index (κ3) is 6.64. The Labute approximate surface area is 105 Å². The summed E-state index contributed by atoms with van der Waals surface area (Å²) in [6.45, 7) is 8.98. The second-order valence-corrected chi connectivity index (χ2v) is 5.39. The van der Waals surface area contributed by atoms with E-state index in [-0.39, 0.29) is 17.0 Å². The van der Waals surface area contributed by atoms with E-state index in [1.54, 1.807) is 7.05 Å². The molecule has 1 atom stereocenters. The number of nitrogens with one attached hydrogen (secondary N) is 2. The van der Waals surface area contributed by atoms with Crippen LogP contribution < -0.4 is 10.6 Å². The highest BCUT2D eigenvalue weighted by molar-refractivity contribution is 5.76. The van der Waals surface area contributed by atoms with Gasteiger partial charge in [0.05, 0.1) is 12.0 Å². The molecule has 0 spiro atoms. The maximum Gasteiger partial charge on any atom is 0.222 e. The number of amides is 1. The van der Waals surface area contributed by atoms with Gasteiger partial charge in [0.15, 0.2) is 0 Å². The SMILES string of the molecule is CCC(C)(CC(=O)NC)OCCC(C)(C)NC. The lowest BCUT2D eigenvalue weighted by Crippen LogP contribution is -2.40. The smallest absolute Gasteiger partial charge is 0.222 e. The molecule has 0 aromatic heterocycles. The van der Waals surface area contributed by atoms with Gasteiger partial charge in [-0.25, -0.2) is 0 Å². The Bertz CT molecular complexity index is 242. The molecule has 0 saturated carbocycles. The van der Waals surface area contributed by atoms with Crippen molar-refractivity contribution in [2.24, 2.45) is 0 Å². The lowest BCUT2D eigenvalue weighted by molar-refractivity contribution is -0.128. The molecule has 4 nitrogen and oxygen atoms in total. The summed E-state index contributed by atoms with van der Waals surface area (Å²) in [5.41, 5.74) is -0.286. The molecule has 4 heteroatoms. The quantitative estimate of drug-likeness (QED) is 0.683. The summed E-state index contributed by atoms with van der Waals surface area (Å²) < 4.78 is 5.89. The second kappa shape index (κ2) is 6.97. The average molecular weight is 244 g/mol. The van der Waals surface area contributed by atoms with E-state index in [0.29, 0.717) is 13.0 Å². The van der Waals surface area contributed by atoms with Crippen LogP contribution in [0, 0.1) is 0 Å². The Hall–Kier alpha value is -0.610. The number of ether oxygens (including phenoxy) is 1. The van der Waals surface area contributed by atoms with Crippen LogP contribution >= 0.6 is 0 Å². The fourth-order valence-electron chi connectivity index (χ4n) is 1.38. The van der Waals surface area contributed by atoms with Gasteiger partial charge in [0, 0.05) is 19.2 Å². The van der Waals surface area contributed by atoms with Gasteiger partial charge in [-0.3, -0.25) is 4.79 Å².